The average Bonchev–Trinajstić information content (AvgIpc) is 2.32. The summed E-state index contributed by atoms with van der Waals surface area (Å²) in [6.07, 6.45) is 3.51. The fraction of sp³-hybridized carbons (Fsp3) is 0.455. The first kappa shape index (κ1) is 12.0. The third-order valence-corrected chi connectivity index (χ3v) is 4.54. The van der Waals surface area contributed by atoms with Crippen LogP contribution < -0.4 is 5.32 Å². The predicted molar refractivity (Wildman–Crippen MR) is 64.9 cm³/mol. The number of aldehydes is 1. The van der Waals surface area contributed by atoms with E-state index in [2.05, 4.69) is 10.3 Å². The zero-order valence-corrected chi connectivity index (χ0v) is 10.1. The quantitative estimate of drug-likeness (QED) is 0.810. The number of rotatable bonds is 3. The molecule has 5 nitrogen and oxygen atoms in total. The van der Waals surface area contributed by atoms with Gasteiger partial charge in [0.05, 0.1) is 11.5 Å². The summed E-state index contributed by atoms with van der Waals surface area (Å²) in [5.41, 5.74) is 0.561. The monoisotopic (exact) mass is 254 g/mol. The number of carbonyl (C=O) groups excluding carboxylic acids is 1. The number of nitrogens with one attached hydrogen (secondary N) is 1. The standard InChI is InChI=1S/C11H14N2O3S/c14-8-9-1-4-12-11(7-9)13-10-2-5-17(15,16)6-3-10/h1,4,7-8,10H,2-3,5-6H2,(H,12,13). The lowest BCUT2D eigenvalue weighted by Crippen LogP contribution is -2.32. The van der Waals surface area contributed by atoms with Crippen molar-refractivity contribution in [2.24, 2.45) is 0 Å². The topological polar surface area (TPSA) is 76.1 Å². The van der Waals surface area contributed by atoms with E-state index in [1.165, 1.54) is 0 Å². The van der Waals surface area contributed by atoms with Gasteiger partial charge in [-0.05, 0) is 25.0 Å². The fourth-order valence-electron chi connectivity index (χ4n) is 1.84. The van der Waals surface area contributed by atoms with E-state index in [0.717, 1.165) is 6.29 Å². The van der Waals surface area contributed by atoms with E-state index in [0.29, 0.717) is 24.2 Å². The number of aromatic nitrogens is 1. The maximum Gasteiger partial charge on any atom is 0.150 e. The summed E-state index contributed by atoms with van der Waals surface area (Å²) in [4.78, 5) is 14.7. The molecule has 0 atom stereocenters. The molecule has 1 N–H and O–H groups in total. The number of anilines is 1. The van der Waals surface area contributed by atoms with Crippen LogP contribution in [0.25, 0.3) is 0 Å². The smallest absolute Gasteiger partial charge is 0.150 e. The van der Waals surface area contributed by atoms with Crippen LogP contribution in [0.5, 0.6) is 0 Å². The Labute approximate surface area is 100 Å². The van der Waals surface area contributed by atoms with Gasteiger partial charge in [0, 0.05) is 17.8 Å². The molecule has 0 amide bonds. The number of pyridine rings is 1. The Balaban J connectivity index is 1.99. The second-order valence-corrected chi connectivity index (χ2v) is 6.47. The summed E-state index contributed by atoms with van der Waals surface area (Å²) < 4.78 is 22.5. The van der Waals surface area contributed by atoms with Crippen molar-refractivity contribution in [3.8, 4) is 0 Å². The molecule has 1 aromatic heterocycles. The summed E-state index contributed by atoms with van der Waals surface area (Å²) in [6, 6.07) is 3.41. The van der Waals surface area contributed by atoms with Crippen molar-refractivity contribution in [1.29, 1.82) is 0 Å². The van der Waals surface area contributed by atoms with Crippen molar-refractivity contribution >= 4 is 21.9 Å². The fourth-order valence-corrected chi connectivity index (χ4v) is 3.33. The van der Waals surface area contributed by atoms with Gasteiger partial charge >= 0.3 is 0 Å². The van der Waals surface area contributed by atoms with Crippen LogP contribution in [0.2, 0.25) is 0 Å². The van der Waals surface area contributed by atoms with Crippen LogP contribution in [0.4, 0.5) is 5.82 Å². The van der Waals surface area contributed by atoms with Crippen molar-refractivity contribution in [2.45, 2.75) is 18.9 Å². The minimum Gasteiger partial charge on any atom is -0.367 e. The van der Waals surface area contributed by atoms with E-state index in [4.69, 9.17) is 0 Å². The molecule has 1 aliphatic heterocycles. The molecule has 0 bridgehead atoms. The van der Waals surface area contributed by atoms with E-state index in [1.807, 2.05) is 0 Å². The summed E-state index contributed by atoms with van der Waals surface area (Å²) in [7, 11) is -2.84. The van der Waals surface area contributed by atoms with Gasteiger partial charge in [0.25, 0.3) is 0 Å². The van der Waals surface area contributed by atoms with E-state index in [9.17, 15) is 13.2 Å². The van der Waals surface area contributed by atoms with Gasteiger partial charge in [0.2, 0.25) is 0 Å². The highest BCUT2D eigenvalue weighted by molar-refractivity contribution is 7.91. The molecule has 0 aliphatic carbocycles. The summed E-state index contributed by atoms with van der Waals surface area (Å²) in [6.45, 7) is 0. The molecule has 0 saturated carbocycles. The van der Waals surface area contributed by atoms with Gasteiger partial charge in [0.1, 0.15) is 21.9 Å². The van der Waals surface area contributed by atoms with Crippen molar-refractivity contribution in [3.05, 3.63) is 23.9 Å². The van der Waals surface area contributed by atoms with Crippen LogP contribution >= 0.6 is 0 Å². The van der Waals surface area contributed by atoms with Crippen LogP contribution in [-0.2, 0) is 9.84 Å². The minimum atomic E-state index is -2.84. The number of hydrogen-bond acceptors (Lipinski definition) is 5. The molecule has 1 saturated heterocycles. The zero-order valence-electron chi connectivity index (χ0n) is 9.30. The van der Waals surface area contributed by atoms with Gasteiger partial charge < -0.3 is 5.32 Å². The minimum absolute atomic E-state index is 0.118. The summed E-state index contributed by atoms with van der Waals surface area (Å²) in [5, 5.41) is 3.16. The molecule has 0 spiro atoms. The molecule has 0 unspecified atom stereocenters. The van der Waals surface area contributed by atoms with Crippen LogP contribution in [0.15, 0.2) is 18.3 Å². The molecule has 1 fully saturated rings. The highest BCUT2D eigenvalue weighted by Gasteiger charge is 2.23. The van der Waals surface area contributed by atoms with E-state index in [1.54, 1.807) is 18.3 Å². The lowest BCUT2D eigenvalue weighted by atomic mass is 10.1. The number of nitrogens with zero attached hydrogens (tertiary/aromatic N) is 1. The molecule has 92 valence electrons. The number of sulfone groups is 1. The second kappa shape index (κ2) is 4.83. The Morgan fingerprint density at radius 2 is 2.06 bits per heavy atom. The average molecular weight is 254 g/mol. The normalized spacial score (nSPS) is 19.8. The maximum absolute atomic E-state index is 11.3. The molecule has 2 rings (SSSR count). The molecule has 6 heteroatoms. The first-order valence-corrected chi connectivity index (χ1v) is 7.29. The Kier molecular flexibility index (Phi) is 3.42. The predicted octanol–water partition coefficient (Wildman–Crippen LogP) is 0.883. The first-order chi connectivity index (χ1) is 8.09. The van der Waals surface area contributed by atoms with Crippen LogP contribution in [0.3, 0.4) is 0 Å². The van der Waals surface area contributed by atoms with Gasteiger partial charge in [-0.1, -0.05) is 0 Å². The Morgan fingerprint density at radius 3 is 2.71 bits per heavy atom. The lowest BCUT2D eigenvalue weighted by Gasteiger charge is -2.23. The van der Waals surface area contributed by atoms with Crippen molar-refractivity contribution in [3.63, 3.8) is 0 Å². The third kappa shape index (κ3) is 3.26. The Morgan fingerprint density at radius 1 is 1.35 bits per heavy atom. The number of hydrogen-bond donors (Lipinski definition) is 1. The first-order valence-electron chi connectivity index (χ1n) is 5.47. The van der Waals surface area contributed by atoms with E-state index < -0.39 is 9.84 Å². The van der Waals surface area contributed by atoms with Gasteiger partial charge in [-0.25, -0.2) is 13.4 Å². The molecule has 0 radical (unpaired) electrons. The second-order valence-electron chi connectivity index (χ2n) is 4.16. The van der Waals surface area contributed by atoms with Crippen LogP contribution in [0.1, 0.15) is 23.2 Å². The highest BCUT2D eigenvalue weighted by atomic mass is 32.2. The molecular weight excluding hydrogens is 240 g/mol. The summed E-state index contributed by atoms with van der Waals surface area (Å²) in [5.74, 6) is 1.06. The third-order valence-electron chi connectivity index (χ3n) is 2.83. The van der Waals surface area contributed by atoms with Crippen LogP contribution in [0, 0.1) is 0 Å². The Hall–Kier alpha value is -1.43. The van der Waals surface area contributed by atoms with Gasteiger partial charge in [-0.15, -0.1) is 0 Å². The molecule has 1 aromatic rings. The molecule has 17 heavy (non-hydrogen) atoms. The maximum atomic E-state index is 11.3. The largest absolute Gasteiger partial charge is 0.367 e. The van der Waals surface area contributed by atoms with Crippen molar-refractivity contribution < 1.29 is 13.2 Å². The molecule has 1 aliphatic rings. The van der Waals surface area contributed by atoms with E-state index >= 15 is 0 Å². The SMILES string of the molecule is O=Cc1ccnc(NC2CCS(=O)(=O)CC2)c1. The number of carbonyl (C=O) groups is 1. The van der Waals surface area contributed by atoms with Crippen molar-refractivity contribution in [1.82, 2.24) is 4.98 Å². The molecule has 2 heterocycles. The summed E-state index contributed by atoms with van der Waals surface area (Å²) >= 11 is 0. The van der Waals surface area contributed by atoms with Gasteiger partial charge in [-0.2, -0.15) is 0 Å². The van der Waals surface area contributed by atoms with Crippen LogP contribution in [-0.4, -0.2) is 37.2 Å². The van der Waals surface area contributed by atoms with Gasteiger partial charge in [-0.3, -0.25) is 4.79 Å². The Bertz CT molecular complexity index is 499. The highest BCUT2D eigenvalue weighted by Crippen LogP contribution is 2.16. The lowest BCUT2D eigenvalue weighted by molar-refractivity contribution is 0.112. The zero-order chi connectivity index (χ0) is 12.3. The van der Waals surface area contributed by atoms with Gasteiger partial charge in [0.15, 0.2) is 0 Å². The van der Waals surface area contributed by atoms with Crippen molar-refractivity contribution in [2.75, 3.05) is 16.8 Å². The van der Waals surface area contributed by atoms with E-state index in [-0.39, 0.29) is 17.5 Å². The molecule has 0 aromatic carbocycles. The molecular formula is C11H14N2O3S.